The Labute approximate surface area is 154 Å². The zero-order valence-electron chi connectivity index (χ0n) is 13.6. The summed E-state index contributed by atoms with van der Waals surface area (Å²) in [6, 6.07) is 7.66. The zero-order valence-corrected chi connectivity index (χ0v) is 16.0. The predicted molar refractivity (Wildman–Crippen MR) is 100 cm³/mol. The second kappa shape index (κ2) is 7.71. The molecule has 1 saturated heterocycles. The Morgan fingerprint density at radius 3 is 2.96 bits per heavy atom. The first kappa shape index (κ1) is 18.2. The number of benzene rings is 1. The fourth-order valence-electron chi connectivity index (χ4n) is 2.47. The maximum atomic E-state index is 11.9. The third-order valence-corrected chi connectivity index (χ3v) is 7.34. The molecule has 0 bridgehead atoms. The van der Waals surface area contributed by atoms with E-state index in [1.807, 2.05) is 31.2 Å². The average Bonchev–Trinajstić information content (AvgIpc) is 3.11. The normalized spacial score (nSPS) is 18.8. The van der Waals surface area contributed by atoms with Crippen LogP contribution in [0.1, 0.15) is 12.0 Å². The van der Waals surface area contributed by atoms with Crippen molar-refractivity contribution in [1.29, 1.82) is 0 Å². The molecule has 1 unspecified atom stereocenters. The van der Waals surface area contributed by atoms with Crippen molar-refractivity contribution in [2.24, 2.45) is 0 Å². The molecule has 2 heterocycles. The van der Waals surface area contributed by atoms with Crippen LogP contribution in [0.5, 0.6) is 0 Å². The number of hydrogen-bond acceptors (Lipinski definition) is 8. The number of amides is 1. The van der Waals surface area contributed by atoms with Crippen molar-refractivity contribution in [3.05, 3.63) is 29.8 Å². The van der Waals surface area contributed by atoms with Gasteiger partial charge in [0.25, 0.3) is 0 Å². The van der Waals surface area contributed by atoms with Crippen LogP contribution < -0.4 is 10.6 Å². The second-order valence-corrected chi connectivity index (χ2v) is 10.3. The van der Waals surface area contributed by atoms with Crippen LogP contribution in [0.4, 0.5) is 10.8 Å². The molecule has 7 nitrogen and oxygen atoms in total. The predicted octanol–water partition coefficient (Wildman–Crippen LogP) is 1.99. The molecule has 1 amide bonds. The highest BCUT2D eigenvalue weighted by atomic mass is 32.2. The maximum absolute atomic E-state index is 11.9. The summed E-state index contributed by atoms with van der Waals surface area (Å²) < 4.78 is 23.5. The molecular weight excluding hydrogens is 380 g/mol. The first-order chi connectivity index (χ1) is 11.9. The topological polar surface area (TPSA) is 101 Å². The zero-order chi connectivity index (χ0) is 17.9. The van der Waals surface area contributed by atoms with Gasteiger partial charge in [-0.15, -0.1) is 10.2 Å². The van der Waals surface area contributed by atoms with Gasteiger partial charge in [0.1, 0.15) is 0 Å². The molecule has 0 aliphatic carbocycles. The van der Waals surface area contributed by atoms with E-state index >= 15 is 0 Å². The first-order valence-electron chi connectivity index (χ1n) is 7.69. The fourth-order valence-corrected chi connectivity index (χ4v) is 5.73. The van der Waals surface area contributed by atoms with Gasteiger partial charge in [0, 0.05) is 11.7 Å². The monoisotopic (exact) mass is 398 g/mol. The smallest absolute Gasteiger partial charge is 0.230 e. The minimum Gasteiger partial charge on any atom is -0.352 e. The van der Waals surface area contributed by atoms with Crippen LogP contribution in [0.2, 0.25) is 0 Å². The van der Waals surface area contributed by atoms with E-state index in [1.54, 1.807) is 0 Å². The van der Waals surface area contributed by atoms with Crippen molar-refractivity contribution in [2.45, 2.75) is 23.7 Å². The lowest BCUT2D eigenvalue weighted by molar-refractivity contribution is -0.119. The lowest BCUT2D eigenvalue weighted by Gasteiger charge is -2.09. The summed E-state index contributed by atoms with van der Waals surface area (Å²) in [7, 11) is -2.99. The van der Waals surface area contributed by atoms with Crippen molar-refractivity contribution in [1.82, 2.24) is 15.5 Å². The van der Waals surface area contributed by atoms with Crippen LogP contribution in [-0.4, -0.2) is 47.8 Å². The highest BCUT2D eigenvalue weighted by Crippen LogP contribution is 2.27. The molecule has 1 fully saturated rings. The number of carbonyl (C=O) groups excluding carboxylic acids is 1. The third kappa shape index (κ3) is 5.41. The highest BCUT2D eigenvalue weighted by molar-refractivity contribution is 8.01. The largest absolute Gasteiger partial charge is 0.352 e. The Hall–Kier alpha value is -1.65. The standard InChI is InChI=1S/C15H18N4O3S3/c1-10-3-2-4-11(7-10)17-14-18-19-15(24-14)23-8-13(20)16-12-5-6-25(21,22)9-12/h2-4,7,12H,5-6,8-9H2,1H3,(H,16,20)(H,17,18). The molecule has 134 valence electrons. The summed E-state index contributed by atoms with van der Waals surface area (Å²) >= 11 is 2.66. The van der Waals surface area contributed by atoms with Crippen LogP contribution in [0, 0.1) is 6.92 Å². The first-order valence-corrected chi connectivity index (χ1v) is 11.3. The molecule has 25 heavy (non-hydrogen) atoms. The molecule has 1 aromatic carbocycles. The Bertz CT molecular complexity index is 866. The summed E-state index contributed by atoms with van der Waals surface area (Å²) in [5, 5.41) is 14.7. The van der Waals surface area contributed by atoms with Crippen molar-refractivity contribution in [3.8, 4) is 0 Å². The number of sulfone groups is 1. The number of rotatable bonds is 6. The van der Waals surface area contributed by atoms with Crippen LogP contribution in [0.15, 0.2) is 28.6 Å². The summed E-state index contributed by atoms with van der Waals surface area (Å²) in [6.07, 6.45) is 0.488. The number of nitrogens with zero attached hydrogens (tertiary/aromatic N) is 2. The number of thioether (sulfide) groups is 1. The molecule has 0 spiro atoms. The lowest BCUT2D eigenvalue weighted by atomic mass is 10.2. The Morgan fingerprint density at radius 2 is 2.24 bits per heavy atom. The van der Waals surface area contributed by atoms with Gasteiger partial charge in [-0.25, -0.2) is 8.42 Å². The molecule has 2 N–H and O–H groups in total. The Kier molecular flexibility index (Phi) is 5.60. The molecule has 0 saturated carbocycles. The van der Waals surface area contributed by atoms with Gasteiger partial charge in [0.15, 0.2) is 14.2 Å². The van der Waals surface area contributed by atoms with Crippen molar-refractivity contribution in [3.63, 3.8) is 0 Å². The Morgan fingerprint density at radius 1 is 1.40 bits per heavy atom. The quantitative estimate of drug-likeness (QED) is 0.718. The van der Waals surface area contributed by atoms with Gasteiger partial charge < -0.3 is 10.6 Å². The molecule has 2 aromatic rings. The van der Waals surface area contributed by atoms with E-state index in [0.717, 1.165) is 11.3 Å². The number of hydrogen-bond donors (Lipinski definition) is 2. The van der Waals surface area contributed by atoms with Crippen LogP contribution in [-0.2, 0) is 14.6 Å². The molecule has 10 heteroatoms. The van der Waals surface area contributed by atoms with E-state index in [9.17, 15) is 13.2 Å². The van der Waals surface area contributed by atoms with Gasteiger partial charge in [0.05, 0.1) is 17.3 Å². The van der Waals surface area contributed by atoms with Gasteiger partial charge in [-0.1, -0.05) is 35.2 Å². The highest BCUT2D eigenvalue weighted by Gasteiger charge is 2.28. The second-order valence-electron chi connectivity index (χ2n) is 5.82. The summed E-state index contributed by atoms with van der Waals surface area (Å²) in [6.45, 7) is 2.01. The molecule has 1 aliphatic rings. The average molecular weight is 399 g/mol. The van der Waals surface area contributed by atoms with Crippen LogP contribution >= 0.6 is 23.1 Å². The van der Waals surface area contributed by atoms with E-state index < -0.39 is 9.84 Å². The van der Waals surface area contributed by atoms with Crippen molar-refractivity contribution in [2.75, 3.05) is 22.6 Å². The van der Waals surface area contributed by atoms with Gasteiger partial charge in [-0.3, -0.25) is 4.79 Å². The number of aryl methyl sites for hydroxylation is 1. The SMILES string of the molecule is Cc1cccc(Nc2nnc(SCC(=O)NC3CCS(=O)(=O)C3)s2)c1. The molecule has 1 aliphatic heterocycles. The van der Waals surface area contributed by atoms with E-state index in [4.69, 9.17) is 0 Å². The summed E-state index contributed by atoms with van der Waals surface area (Å²) in [4.78, 5) is 11.9. The van der Waals surface area contributed by atoms with Crippen LogP contribution in [0.3, 0.4) is 0 Å². The number of nitrogens with one attached hydrogen (secondary N) is 2. The van der Waals surface area contributed by atoms with E-state index in [1.165, 1.54) is 23.1 Å². The van der Waals surface area contributed by atoms with Gasteiger partial charge >= 0.3 is 0 Å². The van der Waals surface area contributed by atoms with Crippen molar-refractivity contribution < 1.29 is 13.2 Å². The molecule has 1 aromatic heterocycles. The number of anilines is 2. The van der Waals surface area contributed by atoms with Crippen LogP contribution in [0.25, 0.3) is 0 Å². The molecular formula is C15H18N4O3S3. The summed E-state index contributed by atoms with van der Waals surface area (Å²) in [5.41, 5.74) is 2.09. The van der Waals surface area contributed by atoms with Gasteiger partial charge in [-0.2, -0.15) is 0 Å². The Balaban J connectivity index is 1.47. The molecule has 1 atom stereocenters. The van der Waals surface area contributed by atoms with E-state index in [-0.39, 0.29) is 29.2 Å². The molecule has 0 radical (unpaired) electrons. The minimum atomic E-state index is -2.99. The molecule has 3 rings (SSSR count). The van der Waals surface area contributed by atoms with Gasteiger partial charge in [-0.05, 0) is 31.0 Å². The maximum Gasteiger partial charge on any atom is 0.230 e. The van der Waals surface area contributed by atoms with E-state index in [2.05, 4.69) is 20.8 Å². The lowest BCUT2D eigenvalue weighted by Crippen LogP contribution is -2.36. The summed E-state index contributed by atoms with van der Waals surface area (Å²) in [5.74, 6) is 0.188. The fraction of sp³-hybridized carbons (Fsp3) is 0.400. The number of carbonyl (C=O) groups is 1. The van der Waals surface area contributed by atoms with E-state index in [0.29, 0.717) is 15.9 Å². The van der Waals surface area contributed by atoms with Crippen molar-refractivity contribution >= 4 is 49.7 Å². The third-order valence-electron chi connectivity index (χ3n) is 3.60. The number of aromatic nitrogens is 2. The van der Waals surface area contributed by atoms with Gasteiger partial charge in [0.2, 0.25) is 11.0 Å². The minimum absolute atomic E-state index is 0.0345.